The Balaban J connectivity index is 1.44. The lowest BCUT2D eigenvalue weighted by atomic mass is 10.00. The number of nitrogens with one attached hydrogen (secondary N) is 1. The lowest BCUT2D eigenvalue weighted by molar-refractivity contribution is -0.120. The summed E-state index contributed by atoms with van der Waals surface area (Å²) >= 11 is 1.46. The highest BCUT2D eigenvalue weighted by Gasteiger charge is 2.24. The van der Waals surface area contributed by atoms with Gasteiger partial charge in [0.15, 0.2) is 0 Å². The summed E-state index contributed by atoms with van der Waals surface area (Å²) in [5.41, 5.74) is 4.58. The molecule has 1 aliphatic heterocycles. The van der Waals surface area contributed by atoms with E-state index in [0.717, 1.165) is 45.9 Å². The van der Waals surface area contributed by atoms with Crippen molar-refractivity contribution >= 4 is 33.0 Å². The molecule has 1 aromatic heterocycles. The lowest BCUT2D eigenvalue weighted by Gasteiger charge is -2.29. The molecular weight excluding hydrogens is 418 g/mol. The zero-order valence-electron chi connectivity index (χ0n) is 16.7. The Morgan fingerprint density at radius 2 is 2.00 bits per heavy atom. The number of sulfonamides is 1. The third kappa shape index (κ3) is 4.71. The van der Waals surface area contributed by atoms with Crippen LogP contribution in [-0.2, 0) is 34.2 Å². The number of carbonyl (C=O) groups is 1. The summed E-state index contributed by atoms with van der Waals surface area (Å²) in [4.78, 5) is 16.9. The number of anilines is 1. The van der Waals surface area contributed by atoms with E-state index in [1.54, 1.807) is 0 Å². The Morgan fingerprint density at radius 1 is 1.20 bits per heavy atom. The molecule has 0 unspecified atom stereocenters. The van der Waals surface area contributed by atoms with E-state index in [9.17, 15) is 13.2 Å². The predicted molar refractivity (Wildman–Crippen MR) is 120 cm³/mol. The third-order valence-electron chi connectivity index (χ3n) is 5.05. The fraction of sp³-hybridized carbons (Fsp3) is 0.273. The van der Waals surface area contributed by atoms with Gasteiger partial charge in [-0.05, 0) is 36.1 Å². The maximum Gasteiger partial charge on any atom is 0.232 e. The van der Waals surface area contributed by atoms with Gasteiger partial charge in [0.05, 0.1) is 24.1 Å². The molecule has 6 nitrogen and oxygen atoms in total. The molecule has 0 spiro atoms. The monoisotopic (exact) mass is 441 g/mol. The minimum Gasteiger partial charge on any atom is -0.352 e. The SMILES string of the molecule is CS(=O)(=O)N1CCCc2cc(-c3csc(CC(=O)NCc4ccccc4)n3)ccc21. The summed E-state index contributed by atoms with van der Waals surface area (Å²) in [6.45, 7) is 1.02. The molecule has 2 aromatic carbocycles. The Morgan fingerprint density at radius 3 is 2.77 bits per heavy atom. The number of amides is 1. The minimum absolute atomic E-state index is 0.0611. The van der Waals surface area contributed by atoms with Crippen LogP contribution in [0.5, 0.6) is 0 Å². The van der Waals surface area contributed by atoms with Gasteiger partial charge in [-0.1, -0.05) is 36.4 Å². The molecule has 1 N–H and O–H groups in total. The van der Waals surface area contributed by atoms with Gasteiger partial charge in [-0.25, -0.2) is 13.4 Å². The molecule has 1 amide bonds. The van der Waals surface area contributed by atoms with E-state index in [4.69, 9.17) is 0 Å². The van der Waals surface area contributed by atoms with Gasteiger partial charge in [-0.15, -0.1) is 11.3 Å². The smallest absolute Gasteiger partial charge is 0.232 e. The molecule has 0 bridgehead atoms. The van der Waals surface area contributed by atoms with Crippen LogP contribution in [0.25, 0.3) is 11.3 Å². The van der Waals surface area contributed by atoms with Gasteiger partial charge in [0.2, 0.25) is 15.9 Å². The first-order valence-corrected chi connectivity index (χ1v) is 12.5. The number of benzene rings is 2. The first-order valence-electron chi connectivity index (χ1n) is 9.76. The molecule has 0 fully saturated rings. The van der Waals surface area contributed by atoms with Crippen molar-refractivity contribution in [2.45, 2.75) is 25.8 Å². The van der Waals surface area contributed by atoms with Crippen molar-refractivity contribution in [3.8, 4) is 11.3 Å². The number of fused-ring (bicyclic) bond motifs is 1. The highest BCUT2D eigenvalue weighted by atomic mass is 32.2. The van der Waals surface area contributed by atoms with E-state index >= 15 is 0 Å². The van der Waals surface area contributed by atoms with Gasteiger partial charge in [-0.3, -0.25) is 9.10 Å². The first kappa shape index (κ1) is 20.6. The number of nitrogens with zero attached hydrogens (tertiary/aromatic N) is 2. The number of carbonyl (C=O) groups excluding carboxylic acids is 1. The fourth-order valence-electron chi connectivity index (χ4n) is 3.59. The van der Waals surface area contributed by atoms with Crippen molar-refractivity contribution in [3.05, 3.63) is 70.0 Å². The summed E-state index contributed by atoms with van der Waals surface area (Å²) in [5.74, 6) is -0.0611. The third-order valence-corrected chi connectivity index (χ3v) is 7.08. The number of aromatic nitrogens is 1. The Bertz CT molecular complexity index is 1160. The molecule has 0 atom stereocenters. The van der Waals surface area contributed by atoms with Crippen LogP contribution in [0.1, 0.15) is 22.6 Å². The summed E-state index contributed by atoms with van der Waals surface area (Å²) in [6, 6.07) is 15.6. The van der Waals surface area contributed by atoms with Crippen LogP contribution >= 0.6 is 11.3 Å². The highest BCUT2D eigenvalue weighted by molar-refractivity contribution is 7.92. The number of aryl methyl sites for hydroxylation is 1. The standard InChI is InChI=1S/C22H23N3O3S2/c1-30(27,28)25-11-5-8-18-12-17(9-10-20(18)25)19-15-29-22(24-19)13-21(26)23-14-16-6-3-2-4-7-16/h2-4,6-7,9-10,12,15H,5,8,11,13-14H2,1H3,(H,23,26). The van der Waals surface area contributed by atoms with Crippen molar-refractivity contribution in [3.63, 3.8) is 0 Å². The van der Waals surface area contributed by atoms with Crippen LogP contribution in [0.3, 0.4) is 0 Å². The number of hydrogen-bond acceptors (Lipinski definition) is 5. The van der Waals surface area contributed by atoms with E-state index in [2.05, 4.69) is 10.3 Å². The van der Waals surface area contributed by atoms with Crippen LogP contribution in [0, 0.1) is 0 Å². The molecule has 0 saturated carbocycles. The zero-order chi connectivity index (χ0) is 21.1. The van der Waals surface area contributed by atoms with E-state index in [1.807, 2.05) is 53.9 Å². The highest BCUT2D eigenvalue weighted by Crippen LogP contribution is 2.33. The van der Waals surface area contributed by atoms with E-state index < -0.39 is 10.0 Å². The molecular formula is C22H23N3O3S2. The molecule has 0 radical (unpaired) electrons. The normalized spacial score (nSPS) is 13.7. The Labute approximate surface area is 180 Å². The largest absolute Gasteiger partial charge is 0.352 e. The number of rotatable bonds is 6. The van der Waals surface area contributed by atoms with Crippen molar-refractivity contribution in [2.75, 3.05) is 17.1 Å². The van der Waals surface area contributed by atoms with E-state index in [0.29, 0.717) is 13.1 Å². The van der Waals surface area contributed by atoms with Gasteiger partial charge in [0.25, 0.3) is 0 Å². The molecule has 30 heavy (non-hydrogen) atoms. The zero-order valence-corrected chi connectivity index (χ0v) is 18.3. The summed E-state index contributed by atoms with van der Waals surface area (Å²) in [6.07, 6.45) is 3.12. The second-order valence-electron chi connectivity index (χ2n) is 7.35. The van der Waals surface area contributed by atoms with E-state index in [-0.39, 0.29) is 12.3 Å². The fourth-order valence-corrected chi connectivity index (χ4v) is 5.39. The molecule has 3 aromatic rings. The van der Waals surface area contributed by atoms with Crippen LogP contribution < -0.4 is 9.62 Å². The number of thiazole rings is 1. The average molecular weight is 442 g/mol. The van der Waals surface area contributed by atoms with Gasteiger partial charge >= 0.3 is 0 Å². The molecule has 8 heteroatoms. The van der Waals surface area contributed by atoms with Crippen molar-refractivity contribution in [2.24, 2.45) is 0 Å². The van der Waals surface area contributed by atoms with E-state index in [1.165, 1.54) is 21.9 Å². The van der Waals surface area contributed by atoms with Crippen LogP contribution in [-0.4, -0.2) is 32.1 Å². The average Bonchev–Trinajstić information content (AvgIpc) is 3.20. The van der Waals surface area contributed by atoms with Crippen LogP contribution in [0.15, 0.2) is 53.9 Å². The first-order chi connectivity index (χ1) is 14.4. The quantitative estimate of drug-likeness (QED) is 0.636. The van der Waals surface area contributed by atoms with Crippen molar-refractivity contribution in [1.82, 2.24) is 10.3 Å². The maximum atomic E-state index is 12.2. The summed E-state index contributed by atoms with van der Waals surface area (Å²) < 4.78 is 25.5. The molecule has 156 valence electrons. The minimum atomic E-state index is -3.28. The molecule has 4 rings (SSSR count). The molecule has 1 aliphatic rings. The second kappa shape index (κ2) is 8.57. The Hall–Kier alpha value is -2.71. The van der Waals surface area contributed by atoms with Gasteiger partial charge in [0.1, 0.15) is 5.01 Å². The second-order valence-corrected chi connectivity index (χ2v) is 10.2. The van der Waals surface area contributed by atoms with Crippen molar-refractivity contribution < 1.29 is 13.2 Å². The maximum absolute atomic E-state index is 12.2. The van der Waals surface area contributed by atoms with Crippen LogP contribution in [0.2, 0.25) is 0 Å². The van der Waals surface area contributed by atoms with Gasteiger partial charge in [-0.2, -0.15) is 0 Å². The van der Waals surface area contributed by atoms with Gasteiger partial charge in [0, 0.05) is 24.0 Å². The number of hydrogen-bond donors (Lipinski definition) is 1. The lowest BCUT2D eigenvalue weighted by Crippen LogP contribution is -2.34. The van der Waals surface area contributed by atoms with Crippen molar-refractivity contribution in [1.29, 1.82) is 0 Å². The van der Waals surface area contributed by atoms with Crippen LogP contribution in [0.4, 0.5) is 5.69 Å². The molecule has 2 heterocycles. The topological polar surface area (TPSA) is 79.4 Å². The summed E-state index contributed by atoms with van der Waals surface area (Å²) in [5, 5.41) is 5.62. The molecule has 0 aliphatic carbocycles. The summed E-state index contributed by atoms with van der Waals surface area (Å²) in [7, 11) is -3.28. The predicted octanol–water partition coefficient (Wildman–Crippen LogP) is 3.38. The van der Waals surface area contributed by atoms with Gasteiger partial charge < -0.3 is 5.32 Å². The molecule has 0 saturated heterocycles. The Kier molecular flexibility index (Phi) is 5.87.